The number of aliphatic hydroxyl groups excluding tert-OH is 16. The normalized spacial score (nSPS) is 50.8. The first-order chi connectivity index (χ1) is 33.4. The van der Waals surface area contributed by atoms with Gasteiger partial charge in [-0.25, -0.2) is 0 Å². The average molecular weight is 1040 g/mol. The van der Waals surface area contributed by atoms with E-state index >= 15 is 0 Å². The quantitative estimate of drug-likeness (QED) is 0.0682. The lowest BCUT2D eigenvalue weighted by Gasteiger charge is -2.49. The first-order valence-corrected chi connectivity index (χ1v) is 22.8. The summed E-state index contributed by atoms with van der Waals surface area (Å²) in [5.74, 6) is -1.58. The molecule has 0 aromatic carbocycles. The molecule has 2 amide bonds. The fourth-order valence-electron chi connectivity index (χ4n) is 9.07. The van der Waals surface area contributed by atoms with Crippen LogP contribution in [0.1, 0.15) is 27.7 Å². The van der Waals surface area contributed by atoms with Gasteiger partial charge < -0.3 is 144 Å². The SMILES string of the molecule is CC(=O)N[C@@H]1[C@@H](O[C@@H]2O[C@H](CO)[C@H](O)[C@H](O)[C@H]2O[C@@H]2O[C@@H](C)[C@@H](O)[C@@H](O)[C@@H]2O)[C@@H](O)[C@@H](CO[C@@H]2O[C@H](CO)[C@@H](O[C@@H]3O[C@H](CO)[C@H](O)[C@H](O)[C@H]3O[C@@H]3O[C@@H](C)[C@@H](O)[C@@H](O)[C@@H]3O)[C@H](O)[C@H]2NC(C)=O)O[C@@H]1O. The van der Waals surface area contributed by atoms with E-state index in [4.69, 9.17) is 52.1 Å². The lowest BCUT2D eigenvalue weighted by Crippen LogP contribution is -2.69. The summed E-state index contributed by atoms with van der Waals surface area (Å²) in [7, 11) is 0. The van der Waals surface area contributed by atoms with Gasteiger partial charge in [-0.1, -0.05) is 0 Å². The third-order valence-electron chi connectivity index (χ3n) is 13.1. The predicted octanol–water partition coefficient (Wildman–Crippen LogP) is -11.8. The van der Waals surface area contributed by atoms with E-state index in [1.54, 1.807) is 0 Å². The standard InChI is InChI=1S/C40H68N2O29/c1-9-19(48)25(54)29(58)37(62-9)70-33-27(56)21(50)13(5-43)65-39(33)68-31-15(7-45)67-36(17(24(31)53)41-11(3)46)61-8-16-23(52)32(18(35(60)64-16)42-12(4)47)69-40-34(28(57)22(51)14(6-44)66-40)71-38-30(59)26(55)20(49)10(2)63-38/h9-10,13-40,43-45,48-60H,5-8H2,1-4H3,(H,41,46)(H,42,47)/t9-,10-,13+,14+,15+,16+,17+,18+,19+,20+,21-,22-,23-,24+,25+,26+,27-,28-,29-,30-,31+,32+,33+,34+,35-,36+,37-,38-,39-,40-/m0/s1. The summed E-state index contributed by atoms with van der Waals surface area (Å²) < 4.78 is 63.3. The van der Waals surface area contributed by atoms with Crippen molar-refractivity contribution in [2.24, 2.45) is 0 Å². The zero-order valence-corrected chi connectivity index (χ0v) is 38.6. The summed E-state index contributed by atoms with van der Waals surface area (Å²) in [5.41, 5.74) is 0. The van der Waals surface area contributed by atoms with Crippen LogP contribution in [0.3, 0.4) is 0 Å². The van der Waals surface area contributed by atoms with Crippen LogP contribution in [-0.4, -0.2) is 304 Å². The molecular weight excluding hydrogens is 972 g/mol. The Morgan fingerprint density at radius 1 is 0.394 bits per heavy atom. The van der Waals surface area contributed by atoms with Gasteiger partial charge in [0.25, 0.3) is 0 Å². The number of carbonyl (C=O) groups is 2. The van der Waals surface area contributed by atoms with Crippen molar-refractivity contribution in [3.8, 4) is 0 Å². The van der Waals surface area contributed by atoms with Gasteiger partial charge in [0, 0.05) is 13.8 Å². The van der Waals surface area contributed by atoms with Crippen LogP contribution in [0.25, 0.3) is 0 Å². The number of carbonyl (C=O) groups excluding carboxylic acids is 2. The molecule has 0 saturated carbocycles. The molecule has 6 heterocycles. The molecule has 0 aromatic rings. The second kappa shape index (κ2) is 24.7. The molecule has 0 unspecified atom stereocenters. The van der Waals surface area contributed by atoms with Crippen molar-refractivity contribution in [1.82, 2.24) is 10.6 Å². The molecule has 6 fully saturated rings. The third-order valence-corrected chi connectivity index (χ3v) is 13.1. The number of nitrogens with one attached hydrogen (secondary N) is 2. The number of hydrogen-bond donors (Lipinski definition) is 18. The highest BCUT2D eigenvalue weighted by Gasteiger charge is 2.57. The Bertz CT molecular complexity index is 1710. The van der Waals surface area contributed by atoms with Crippen LogP contribution < -0.4 is 10.6 Å². The van der Waals surface area contributed by atoms with E-state index in [-0.39, 0.29) is 0 Å². The molecule has 30 atom stereocenters. The summed E-state index contributed by atoms with van der Waals surface area (Å²) in [5, 5.41) is 176. The molecule has 6 saturated heterocycles. The summed E-state index contributed by atoms with van der Waals surface area (Å²) in [6, 6.07) is -3.33. The average Bonchev–Trinajstić information content (AvgIpc) is 3.32. The van der Waals surface area contributed by atoms with Crippen molar-refractivity contribution in [2.75, 3.05) is 26.4 Å². The van der Waals surface area contributed by atoms with E-state index in [1.807, 2.05) is 0 Å². The van der Waals surface area contributed by atoms with Gasteiger partial charge >= 0.3 is 0 Å². The van der Waals surface area contributed by atoms with Crippen molar-refractivity contribution < 1.29 is 143 Å². The first-order valence-electron chi connectivity index (χ1n) is 22.8. The Balaban J connectivity index is 1.21. The lowest BCUT2D eigenvalue weighted by atomic mass is 9.94. The van der Waals surface area contributed by atoms with E-state index in [9.17, 15) is 91.3 Å². The fraction of sp³-hybridized carbons (Fsp3) is 0.950. The van der Waals surface area contributed by atoms with Crippen LogP contribution in [0.4, 0.5) is 0 Å². The summed E-state index contributed by atoms with van der Waals surface area (Å²) >= 11 is 0. The van der Waals surface area contributed by atoms with E-state index in [0.29, 0.717) is 0 Å². The molecule has 6 rings (SSSR count). The van der Waals surface area contributed by atoms with Gasteiger partial charge in [-0.3, -0.25) is 9.59 Å². The molecule has 0 bridgehead atoms. The zero-order valence-electron chi connectivity index (χ0n) is 38.6. The summed E-state index contributed by atoms with van der Waals surface area (Å²) in [4.78, 5) is 24.9. The second-order valence-corrected chi connectivity index (χ2v) is 18.2. The predicted molar refractivity (Wildman–Crippen MR) is 220 cm³/mol. The zero-order chi connectivity index (χ0) is 52.5. The van der Waals surface area contributed by atoms with E-state index in [2.05, 4.69) is 10.6 Å². The van der Waals surface area contributed by atoms with Crippen molar-refractivity contribution >= 4 is 11.8 Å². The molecule has 6 aliphatic heterocycles. The molecule has 31 heteroatoms. The van der Waals surface area contributed by atoms with Gasteiger partial charge in [-0.15, -0.1) is 0 Å². The smallest absolute Gasteiger partial charge is 0.217 e. The van der Waals surface area contributed by atoms with Crippen LogP contribution in [0.5, 0.6) is 0 Å². The molecule has 412 valence electrons. The maximum absolute atomic E-state index is 12.6. The molecule has 0 spiro atoms. The Labute approximate surface area is 403 Å². The number of hydrogen-bond acceptors (Lipinski definition) is 29. The maximum Gasteiger partial charge on any atom is 0.217 e. The van der Waals surface area contributed by atoms with Gasteiger partial charge in [-0.05, 0) is 13.8 Å². The third kappa shape index (κ3) is 12.6. The molecular formula is C40H68N2O29. The molecule has 18 N–H and O–H groups in total. The van der Waals surface area contributed by atoms with Crippen molar-refractivity contribution in [2.45, 2.75) is 212 Å². The number of aliphatic hydroxyl groups is 16. The Morgan fingerprint density at radius 3 is 1.24 bits per heavy atom. The molecule has 31 nitrogen and oxygen atoms in total. The lowest BCUT2D eigenvalue weighted by molar-refractivity contribution is -0.385. The number of rotatable bonds is 16. The molecule has 0 aromatic heterocycles. The van der Waals surface area contributed by atoms with Gasteiger partial charge in [0.2, 0.25) is 11.8 Å². The fourth-order valence-corrected chi connectivity index (χ4v) is 9.07. The monoisotopic (exact) mass is 1040 g/mol. The maximum atomic E-state index is 12.6. The largest absolute Gasteiger partial charge is 0.394 e. The highest BCUT2D eigenvalue weighted by molar-refractivity contribution is 5.73. The van der Waals surface area contributed by atoms with E-state index in [0.717, 1.165) is 13.8 Å². The van der Waals surface area contributed by atoms with Crippen LogP contribution in [0, 0.1) is 0 Å². The van der Waals surface area contributed by atoms with Crippen molar-refractivity contribution in [1.29, 1.82) is 0 Å². The van der Waals surface area contributed by atoms with Gasteiger partial charge in [0.1, 0.15) is 134 Å². The van der Waals surface area contributed by atoms with Crippen molar-refractivity contribution in [3.63, 3.8) is 0 Å². The van der Waals surface area contributed by atoms with E-state index < -0.39 is 222 Å². The number of ether oxygens (including phenoxy) is 11. The van der Waals surface area contributed by atoms with E-state index in [1.165, 1.54) is 13.8 Å². The van der Waals surface area contributed by atoms with Crippen LogP contribution in [0.15, 0.2) is 0 Å². The molecule has 0 aliphatic carbocycles. The van der Waals surface area contributed by atoms with Crippen LogP contribution in [0.2, 0.25) is 0 Å². The topological polar surface area (TPSA) is 483 Å². The summed E-state index contributed by atoms with van der Waals surface area (Å²) in [6.07, 6.45) is -49.8. The second-order valence-electron chi connectivity index (χ2n) is 18.2. The van der Waals surface area contributed by atoms with Crippen LogP contribution in [-0.2, 0) is 61.7 Å². The Morgan fingerprint density at radius 2 is 0.803 bits per heavy atom. The van der Waals surface area contributed by atoms with Gasteiger partial charge in [-0.2, -0.15) is 0 Å². The highest BCUT2D eigenvalue weighted by atomic mass is 16.8. The summed E-state index contributed by atoms with van der Waals surface area (Å²) in [6.45, 7) is 1.11. The molecule has 0 radical (unpaired) electrons. The number of amides is 2. The van der Waals surface area contributed by atoms with Crippen LogP contribution >= 0.6 is 0 Å². The highest BCUT2D eigenvalue weighted by Crippen LogP contribution is 2.36. The molecule has 6 aliphatic rings. The Hall–Kier alpha value is -2.14. The Kier molecular flexibility index (Phi) is 20.2. The van der Waals surface area contributed by atoms with Crippen molar-refractivity contribution in [3.05, 3.63) is 0 Å². The minimum Gasteiger partial charge on any atom is -0.394 e. The minimum absolute atomic E-state index is 0.786. The molecule has 71 heavy (non-hydrogen) atoms. The van der Waals surface area contributed by atoms with Gasteiger partial charge in [0.15, 0.2) is 37.7 Å². The minimum atomic E-state index is -2.06. The van der Waals surface area contributed by atoms with Gasteiger partial charge in [0.05, 0.1) is 38.6 Å². The first kappa shape index (κ1) is 58.1.